The van der Waals surface area contributed by atoms with E-state index in [1.807, 2.05) is 44.2 Å². The molecule has 0 aromatic heterocycles. The SMILES string of the molecule is CC(C)(CO)CCCNC(=O)CSc1ccccc1. The second-order valence-corrected chi connectivity index (χ2v) is 6.43. The standard InChI is InChI=1S/C15H23NO2S/c1-15(2,12-17)9-6-10-16-14(18)11-19-13-7-4-3-5-8-13/h3-5,7-8,17H,6,9-12H2,1-2H3,(H,16,18). The fourth-order valence-corrected chi connectivity index (χ4v) is 2.34. The van der Waals surface area contributed by atoms with Crippen molar-refractivity contribution in [3.63, 3.8) is 0 Å². The summed E-state index contributed by atoms with van der Waals surface area (Å²) in [7, 11) is 0. The van der Waals surface area contributed by atoms with Crippen LogP contribution in [-0.2, 0) is 4.79 Å². The monoisotopic (exact) mass is 281 g/mol. The van der Waals surface area contributed by atoms with Gasteiger partial charge in [-0.25, -0.2) is 0 Å². The minimum absolute atomic E-state index is 0.0521. The summed E-state index contributed by atoms with van der Waals surface area (Å²) < 4.78 is 0. The third-order valence-electron chi connectivity index (χ3n) is 2.89. The van der Waals surface area contributed by atoms with Crippen LogP contribution in [-0.4, -0.2) is 29.9 Å². The molecule has 1 aromatic rings. The number of hydrogen-bond acceptors (Lipinski definition) is 3. The van der Waals surface area contributed by atoms with Crippen molar-refractivity contribution in [3.05, 3.63) is 30.3 Å². The number of amides is 1. The van der Waals surface area contributed by atoms with Crippen molar-refractivity contribution in [2.75, 3.05) is 18.9 Å². The summed E-state index contributed by atoms with van der Waals surface area (Å²) in [5.41, 5.74) is -0.0521. The van der Waals surface area contributed by atoms with Crippen LogP contribution in [0.3, 0.4) is 0 Å². The lowest BCUT2D eigenvalue weighted by atomic mass is 9.89. The van der Waals surface area contributed by atoms with Crippen LogP contribution < -0.4 is 5.32 Å². The molecule has 0 aliphatic carbocycles. The van der Waals surface area contributed by atoms with Gasteiger partial charge in [0.25, 0.3) is 0 Å². The highest BCUT2D eigenvalue weighted by Gasteiger charge is 2.15. The summed E-state index contributed by atoms with van der Waals surface area (Å²) in [5, 5.41) is 12.0. The van der Waals surface area contributed by atoms with E-state index in [9.17, 15) is 4.79 Å². The molecule has 0 saturated carbocycles. The van der Waals surface area contributed by atoms with Gasteiger partial charge in [-0.2, -0.15) is 0 Å². The van der Waals surface area contributed by atoms with Crippen molar-refractivity contribution in [3.8, 4) is 0 Å². The van der Waals surface area contributed by atoms with E-state index >= 15 is 0 Å². The van der Waals surface area contributed by atoms with Gasteiger partial charge in [0.1, 0.15) is 0 Å². The summed E-state index contributed by atoms with van der Waals surface area (Å²) in [6, 6.07) is 9.91. The van der Waals surface area contributed by atoms with Crippen molar-refractivity contribution < 1.29 is 9.90 Å². The Morgan fingerprint density at radius 3 is 2.63 bits per heavy atom. The maximum Gasteiger partial charge on any atom is 0.230 e. The van der Waals surface area contributed by atoms with Crippen molar-refractivity contribution in [1.29, 1.82) is 0 Å². The van der Waals surface area contributed by atoms with Crippen LogP contribution in [0.5, 0.6) is 0 Å². The molecule has 0 aliphatic heterocycles. The molecule has 0 fully saturated rings. The second kappa shape index (κ2) is 8.23. The Bertz CT molecular complexity index is 379. The fraction of sp³-hybridized carbons (Fsp3) is 0.533. The minimum atomic E-state index is -0.0521. The highest BCUT2D eigenvalue weighted by Crippen LogP contribution is 2.20. The average molecular weight is 281 g/mol. The summed E-state index contributed by atoms with van der Waals surface area (Å²) in [5.74, 6) is 0.517. The Morgan fingerprint density at radius 1 is 1.32 bits per heavy atom. The van der Waals surface area contributed by atoms with Gasteiger partial charge in [-0.3, -0.25) is 4.79 Å². The molecular formula is C15H23NO2S. The first-order valence-corrected chi connectivity index (χ1v) is 7.57. The summed E-state index contributed by atoms with van der Waals surface area (Å²) >= 11 is 1.54. The van der Waals surface area contributed by atoms with E-state index in [1.165, 1.54) is 0 Å². The van der Waals surface area contributed by atoms with E-state index in [4.69, 9.17) is 5.11 Å². The molecule has 1 aromatic carbocycles. The molecule has 106 valence electrons. The summed E-state index contributed by atoms with van der Waals surface area (Å²) in [6.45, 7) is 4.92. The molecule has 3 nitrogen and oxygen atoms in total. The van der Waals surface area contributed by atoms with Crippen LogP contribution in [0.15, 0.2) is 35.2 Å². The maximum atomic E-state index is 11.6. The molecule has 4 heteroatoms. The van der Waals surface area contributed by atoms with Crippen molar-refractivity contribution in [1.82, 2.24) is 5.32 Å². The van der Waals surface area contributed by atoms with E-state index in [-0.39, 0.29) is 17.9 Å². The normalized spacial score (nSPS) is 11.3. The van der Waals surface area contributed by atoms with E-state index in [2.05, 4.69) is 5.32 Å². The molecule has 0 saturated heterocycles. The molecule has 0 heterocycles. The van der Waals surface area contributed by atoms with E-state index in [0.29, 0.717) is 12.3 Å². The zero-order chi connectivity index (χ0) is 14.1. The fourth-order valence-electron chi connectivity index (χ4n) is 1.59. The molecule has 2 N–H and O–H groups in total. The molecule has 0 atom stereocenters. The van der Waals surface area contributed by atoms with Gasteiger partial charge in [-0.1, -0.05) is 32.0 Å². The number of rotatable bonds is 8. The maximum absolute atomic E-state index is 11.6. The molecule has 0 spiro atoms. The average Bonchev–Trinajstić information content (AvgIpc) is 2.42. The molecule has 0 aliphatic rings. The highest BCUT2D eigenvalue weighted by atomic mass is 32.2. The topological polar surface area (TPSA) is 49.3 Å². The predicted octanol–water partition coefficient (Wildman–Crippen LogP) is 2.69. The lowest BCUT2D eigenvalue weighted by molar-refractivity contribution is -0.118. The number of aliphatic hydroxyl groups excluding tert-OH is 1. The first-order chi connectivity index (χ1) is 9.03. The Morgan fingerprint density at radius 2 is 2.00 bits per heavy atom. The molecule has 1 amide bonds. The summed E-state index contributed by atoms with van der Waals surface area (Å²) in [4.78, 5) is 12.7. The van der Waals surface area contributed by atoms with Gasteiger partial charge in [-0.05, 0) is 30.4 Å². The number of aliphatic hydroxyl groups is 1. The van der Waals surface area contributed by atoms with Crippen LogP contribution in [0, 0.1) is 5.41 Å². The number of thioether (sulfide) groups is 1. The van der Waals surface area contributed by atoms with Gasteiger partial charge >= 0.3 is 0 Å². The Balaban J connectivity index is 2.12. The zero-order valence-corrected chi connectivity index (χ0v) is 12.5. The van der Waals surface area contributed by atoms with E-state index in [0.717, 1.165) is 17.7 Å². The second-order valence-electron chi connectivity index (χ2n) is 5.38. The van der Waals surface area contributed by atoms with Crippen molar-refractivity contribution in [2.45, 2.75) is 31.6 Å². The quantitative estimate of drug-likeness (QED) is 0.569. The van der Waals surface area contributed by atoms with E-state index < -0.39 is 0 Å². The first kappa shape index (κ1) is 16.1. The van der Waals surface area contributed by atoms with Gasteiger partial charge < -0.3 is 10.4 Å². The predicted molar refractivity (Wildman–Crippen MR) is 80.3 cm³/mol. The lowest BCUT2D eigenvalue weighted by Crippen LogP contribution is -2.27. The third-order valence-corrected chi connectivity index (χ3v) is 3.91. The largest absolute Gasteiger partial charge is 0.396 e. The molecular weight excluding hydrogens is 258 g/mol. The molecule has 0 unspecified atom stereocenters. The molecule has 0 bridgehead atoms. The number of carbonyl (C=O) groups excluding carboxylic acids is 1. The smallest absolute Gasteiger partial charge is 0.230 e. The minimum Gasteiger partial charge on any atom is -0.396 e. The van der Waals surface area contributed by atoms with Crippen LogP contribution in [0.25, 0.3) is 0 Å². The van der Waals surface area contributed by atoms with Crippen molar-refractivity contribution in [2.24, 2.45) is 5.41 Å². The zero-order valence-electron chi connectivity index (χ0n) is 11.7. The third kappa shape index (κ3) is 7.23. The molecule has 0 radical (unpaired) electrons. The molecule has 1 rings (SSSR count). The van der Waals surface area contributed by atoms with Crippen LogP contribution in [0.1, 0.15) is 26.7 Å². The lowest BCUT2D eigenvalue weighted by Gasteiger charge is -2.21. The van der Waals surface area contributed by atoms with Gasteiger partial charge in [0.2, 0.25) is 5.91 Å². The van der Waals surface area contributed by atoms with Crippen LogP contribution >= 0.6 is 11.8 Å². The van der Waals surface area contributed by atoms with Gasteiger partial charge in [0.15, 0.2) is 0 Å². The van der Waals surface area contributed by atoms with Crippen LogP contribution in [0.2, 0.25) is 0 Å². The Labute approximate surface area is 119 Å². The molecule has 19 heavy (non-hydrogen) atoms. The van der Waals surface area contributed by atoms with Gasteiger partial charge in [-0.15, -0.1) is 11.8 Å². The number of nitrogens with one attached hydrogen (secondary N) is 1. The number of benzene rings is 1. The number of hydrogen-bond donors (Lipinski definition) is 2. The Hall–Kier alpha value is -1.00. The van der Waals surface area contributed by atoms with Gasteiger partial charge in [0, 0.05) is 18.0 Å². The van der Waals surface area contributed by atoms with Crippen molar-refractivity contribution >= 4 is 17.7 Å². The van der Waals surface area contributed by atoms with E-state index in [1.54, 1.807) is 11.8 Å². The summed E-state index contributed by atoms with van der Waals surface area (Å²) in [6.07, 6.45) is 1.81. The Kier molecular flexibility index (Phi) is 6.95. The first-order valence-electron chi connectivity index (χ1n) is 6.59. The number of carbonyl (C=O) groups is 1. The van der Waals surface area contributed by atoms with Gasteiger partial charge in [0.05, 0.1) is 5.75 Å². The highest BCUT2D eigenvalue weighted by molar-refractivity contribution is 8.00. The van der Waals surface area contributed by atoms with Crippen LogP contribution in [0.4, 0.5) is 0 Å².